The van der Waals surface area contributed by atoms with Gasteiger partial charge in [-0.1, -0.05) is 84.2 Å². The van der Waals surface area contributed by atoms with Gasteiger partial charge in [-0.05, 0) is 92.2 Å². The summed E-state index contributed by atoms with van der Waals surface area (Å²) >= 11 is 0. The summed E-state index contributed by atoms with van der Waals surface area (Å²) in [6.07, 6.45) is 11.5. The van der Waals surface area contributed by atoms with Crippen LogP contribution in [0.1, 0.15) is 104 Å². The van der Waals surface area contributed by atoms with Crippen molar-refractivity contribution in [2.75, 3.05) is 0 Å². The molecular formula is C34H60O4Si2. The van der Waals surface area contributed by atoms with Gasteiger partial charge in [-0.2, -0.15) is 0 Å². The highest BCUT2D eigenvalue weighted by molar-refractivity contribution is 6.74. The molecule has 3 rings (SSSR count). The minimum Gasteiger partial charge on any atom is -0.462 e. The highest BCUT2D eigenvalue weighted by Crippen LogP contribution is 2.49. The molecule has 6 heteroatoms. The van der Waals surface area contributed by atoms with Crippen LogP contribution < -0.4 is 0 Å². The van der Waals surface area contributed by atoms with Crippen LogP contribution in [0.5, 0.6) is 0 Å². The second-order valence-electron chi connectivity index (χ2n) is 15.7. The quantitative estimate of drug-likeness (QED) is 0.207. The third-order valence-corrected chi connectivity index (χ3v) is 19.0. The molecule has 0 bridgehead atoms. The van der Waals surface area contributed by atoms with Gasteiger partial charge in [0.25, 0.3) is 0 Å². The number of aryl methyl sites for hydroxylation is 1. The topological polar surface area (TPSA) is 55.8 Å². The Morgan fingerprint density at radius 2 is 1.68 bits per heavy atom. The number of carbonyl (C=O) groups excluding carboxylic acids is 1. The van der Waals surface area contributed by atoms with E-state index in [1.54, 1.807) is 0 Å². The Hall–Kier alpha value is -0.956. The zero-order valence-corrected chi connectivity index (χ0v) is 29.2. The lowest BCUT2D eigenvalue weighted by molar-refractivity contribution is -0.151. The van der Waals surface area contributed by atoms with Gasteiger partial charge in [0.2, 0.25) is 0 Å². The molecule has 228 valence electrons. The zero-order valence-electron chi connectivity index (χ0n) is 27.2. The van der Waals surface area contributed by atoms with Crippen molar-refractivity contribution in [1.29, 1.82) is 0 Å². The number of fused-ring (bicyclic) bond motifs is 1. The molecule has 1 N–H and O–H groups in total. The van der Waals surface area contributed by atoms with Crippen molar-refractivity contribution in [3.05, 3.63) is 35.9 Å². The van der Waals surface area contributed by atoms with Crippen LogP contribution in [0.25, 0.3) is 0 Å². The van der Waals surface area contributed by atoms with Crippen molar-refractivity contribution >= 4 is 22.6 Å². The molecule has 1 aromatic carbocycles. The van der Waals surface area contributed by atoms with Crippen molar-refractivity contribution in [2.24, 2.45) is 17.8 Å². The van der Waals surface area contributed by atoms with Crippen LogP contribution in [-0.4, -0.2) is 39.6 Å². The average molecular weight is 589 g/mol. The molecule has 1 aliphatic carbocycles. The van der Waals surface area contributed by atoms with E-state index in [0.29, 0.717) is 24.2 Å². The second-order valence-corrected chi connectivity index (χ2v) is 25.0. The van der Waals surface area contributed by atoms with E-state index in [-0.39, 0.29) is 28.3 Å². The van der Waals surface area contributed by atoms with E-state index in [0.717, 1.165) is 57.8 Å². The Bertz CT molecular complexity index is 932. The summed E-state index contributed by atoms with van der Waals surface area (Å²) in [4.78, 5) is 23.8. The molecular weight excluding hydrogens is 529 g/mol. The molecule has 0 radical (unpaired) electrons. The van der Waals surface area contributed by atoms with Crippen molar-refractivity contribution < 1.29 is 18.8 Å². The number of rotatable bonds is 11. The summed E-state index contributed by atoms with van der Waals surface area (Å²) in [5, 5.41) is 0.101. The minimum absolute atomic E-state index is 0.00615. The van der Waals surface area contributed by atoms with Gasteiger partial charge in [0.15, 0.2) is 16.6 Å². The average Bonchev–Trinajstić information content (AvgIpc) is 3.17. The Balaban J connectivity index is 1.84. The maximum Gasteiger partial charge on any atom is 0.306 e. The molecule has 2 aliphatic rings. The first-order valence-electron chi connectivity index (χ1n) is 16.1. The molecule has 1 saturated carbocycles. The van der Waals surface area contributed by atoms with E-state index in [9.17, 15) is 9.59 Å². The van der Waals surface area contributed by atoms with E-state index >= 15 is 0 Å². The lowest BCUT2D eigenvalue weighted by atomic mass is 9.80. The summed E-state index contributed by atoms with van der Waals surface area (Å²) in [6.45, 7) is 20.4. The smallest absolute Gasteiger partial charge is 0.306 e. The highest BCUT2D eigenvalue weighted by atomic mass is 28.4. The molecule has 0 unspecified atom stereocenters. The van der Waals surface area contributed by atoms with E-state index in [4.69, 9.17) is 9.16 Å². The lowest BCUT2D eigenvalue weighted by Crippen LogP contribution is -2.45. The van der Waals surface area contributed by atoms with E-state index in [1.807, 2.05) is 0 Å². The summed E-state index contributed by atoms with van der Waals surface area (Å²) in [5.41, 5.74) is 1.40. The van der Waals surface area contributed by atoms with Crippen molar-refractivity contribution in [1.82, 2.24) is 0 Å². The largest absolute Gasteiger partial charge is 0.462 e. The number of carbonyl (C=O) groups is 1. The molecule has 1 heterocycles. The molecule has 0 aromatic heterocycles. The monoisotopic (exact) mass is 588 g/mol. The van der Waals surface area contributed by atoms with Gasteiger partial charge in [0.1, 0.15) is 6.10 Å². The van der Waals surface area contributed by atoms with Crippen LogP contribution in [-0.2, 0) is 20.4 Å². The maximum atomic E-state index is 12.7. The van der Waals surface area contributed by atoms with Gasteiger partial charge in [-0.3, -0.25) is 4.79 Å². The Kier molecular flexibility index (Phi) is 11.4. The van der Waals surface area contributed by atoms with Gasteiger partial charge in [0, 0.05) is 18.8 Å². The summed E-state index contributed by atoms with van der Waals surface area (Å²) in [5.74, 6) is 1.34. The predicted molar refractivity (Wildman–Crippen MR) is 172 cm³/mol. The SMILES string of the molecule is CC(C)(C[C@@H](CCc1ccccc1)CC[C@@H]1[C@H]2CCCCCC(=O)O[C@H]2C[C@H]1O[Si](C)(C)C(C)(C)C)[Si](C)(C)O. The predicted octanol–water partition coefficient (Wildman–Crippen LogP) is 9.29. The van der Waals surface area contributed by atoms with Gasteiger partial charge in [-0.25, -0.2) is 0 Å². The van der Waals surface area contributed by atoms with Crippen LogP contribution in [0.2, 0.25) is 36.3 Å². The molecule has 4 nitrogen and oxygen atoms in total. The Morgan fingerprint density at radius 3 is 2.30 bits per heavy atom. The first-order chi connectivity index (χ1) is 18.5. The first-order valence-corrected chi connectivity index (χ1v) is 22.0. The number of hydrogen-bond acceptors (Lipinski definition) is 4. The first kappa shape index (κ1) is 33.5. The number of hydrogen-bond donors (Lipinski definition) is 1. The van der Waals surface area contributed by atoms with Crippen LogP contribution in [0, 0.1) is 17.8 Å². The van der Waals surface area contributed by atoms with E-state index < -0.39 is 16.6 Å². The molecule has 1 saturated heterocycles. The van der Waals surface area contributed by atoms with Gasteiger partial charge < -0.3 is 14.0 Å². The number of esters is 1. The second kappa shape index (κ2) is 13.6. The van der Waals surface area contributed by atoms with Crippen LogP contribution in [0.4, 0.5) is 0 Å². The van der Waals surface area contributed by atoms with Gasteiger partial charge >= 0.3 is 5.97 Å². The van der Waals surface area contributed by atoms with Gasteiger partial charge in [-0.15, -0.1) is 0 Å². The Labute approximate surface area is 248 Å². The summed E-state index contributed by atoms with van der Waals surface area (Å²) in [7, 11) is -4.29. The maximum absolute atomic E-state index is 12.7. The van der Waals surface area contributed by atoms with Crippen LogP contribution in [0.15, 0.2) is 30.3 Å². The van der Waals surface area contributed by atoms with E-state index in [1.165, 1.54) is 12.0 Å². The fraction of sp³-hybridized carbons (Fsp3) is 0.794. The van der Waals surface area contributed by atoms with E-state index in [2.05, 4.69) is 91.1 Å². The lowest BCUT2D eigenvalue weighted by Gasteiger charge is -2.41. The fourth-order valence-corrected chi connectivity index (χ4v) is 8.74. The molecule has 1 aliphatic heterocycles. The Morgan fingerprint density at radius 1 is 1.00 bits per heavy atom. The zero-order chi connectivity index (χ0) is 29.8. The molecule has 2 fully saturated rings. The molecule has 0 spiro atoms. The van der Waals surface area contributed by atoms with Crippen LogP contribution >= 0.6 is 0 Å². The minimum atomic E-state index is -2.31. The van der Waals surface area contributed by atoms with Crippen molar-refractivity contribution in [3.8, 4) is 0 Å². The normalized spacial score (nSPS) is 25.9. The third-order valence-electron chi connectivity index (χ3n) is 11.0. The fourth-order valence-electron chi connectivity index (χ4n) is 6.57. The highest BCUT2D eigenvalue weighted by Gasteiger charge is 2.49. The van der Waals surface area contributed by atoms with Crippen LogP contribution in [0.3, 0.4) is 0 Å². The van der Waals surface area contributed by atoms with Crippen molar-refractivity contribution in [2.45, 2.75) is 154 Å². The third kappa shape index (κ3) is 9.02. The summed E-state index contributed by atoms with van der Waals surface area (Å²) < 4.78 is 13.3. The van der Waals surface area contributed by atoms with Gasteiger partial charge in [0.05, 0.1) is 6.10 Å². The molecule has 0 amide bonds. The standard InChI is InChI=1S/C34H60O4Si2/c1-33(2,3)40(8,9)38-31-24-30-28(18-14-11-15-19-32(35)37-30)29(31)23-22-27(25-34(4,5)39(6,7)36)21-20-26-16-12-10-13-17-26/h10,12-13,16-17,27-31,36H,11,14-15,18-25H2,1-9H3/t27-,28+,29+,30-,31+/m0/s1. The molecule has 40 heavy (non-hydrogen) atoms. The summed E-state index contributed by atoms with van der Waals surface area (Å²) in [6, 6.07) is 10.8. The number of benzene rings is 1. The number of ether oxygens (including phenoxy) is 1. The molecule has 1 aromatic rings. The van der Waals surface area contributed by atoms with Crippen molar-refractivity contribution in [3.63, 3.8) is 0 Å². The molecule has 5 atom stereocenters.